The normalized spacial score (nSPS) is 12.0. The molecule has 0 N–H and O–H groups in total. The van der Waals surface area contributed by atoms with Crippen LogP contribution in [0.1, 0.15) is 316 Å². The molecule has 0 aliphatic heterocycles. The number of hydrogen-bond donors (Lipinski definition) is 0. The summed E-state index contributed by atoms with van der Waals surface area (Å²) in [6.07, 6.45) is 59.7. The number of ether oxygens (including phenoxy) is 3. The molecule has 6 nitrogen and oxygen atoms in total. The summed E-state index contributed by atoms with van der Waals surface area (Å²) in [5.41, 5.74) is 0. The zero-order chi connectivity index (χ0) is 45.8. The Labute approximate surface area is 392 Å². The average Bonchev–Trinajstić information content (AvgIpc) is 3.28. The minimum Gasteiger partial charge on any atom is -0.462 e. The van der Waals surface area contributed by atoms with Crippen LogP contribution in [-0.2, 0) is 28.6 Å². The van der Waals surface area contributed by atoms with Crippen molar-refractivity contribution in [1.29, 1.82) is 0 Å². The van der Waals surface area contributed by atoms with Crippen LogP contribution in [-0.4, -0.2) is 37.2 Å². The van der Waals surface area contributed by atoms with Gasteiger partial charge in [-0.25, -0.2) is 0 Å². The fourth-order valence-corrected chi connectivity index (χ4v) is 8.50. The van der Waals surface area contributed by atoms with Gasteiger partial charge in [0.25, 0.3) is 0 Å². The number of rotatable bonds is 52. The maximum Gasteiger partial charge on any atom is 0.306 e. The van der Waals surface area contributed by atoms with Crippen LogP contribution in [0.5, 0.6) is 0 Å². The van der Waals surface area contributed by atoms with Crippen LogP contribution < -0.4 is 0 Å². The average molecular weight is 889 g/mol. The van der Waals surface area contributed by atoms with Gasteiger partial charge in [0.2, 0.25) is 0 Å². The molecule has 0 rings (SSSR count). The van der Waals surface area contributed by atoms with Crippen molar-refractivity contribution in [1.82, 2.24) is 0 Å². The summed E-state index contributed by atoms with van der Waals surface area (Å²) in [6.45, 7) is 6.60. The van der Waals surface area contributed by atoms with Crippen molar-refractivity contribution in [2.75, 3.05) is 13.2 Å². The summed E-state index contributed by atoms with van der Waals surface area (Å²) in [4.78, 5) is 37.7. The molecule has 63 heavy (non-hydrogen) atoms. The first-order chi connectivity index (χ1) is 31.0. The molecular weight excluding hydrogens is 781 g/mol. The maximum atomic E-state index is 12.7. The summed E-state index contributed by atoms with van der Waals surface area (Å²) in [7, 11) is 0. The van der Waals surface area contributed by atoms with Crippen molar-refractivity contribution in [3.05, 3.63) is 12.2 Å². The zero-order valence-electron chi connectivity index (χ0n) is 42.6. The molecule has 0 heterocycles. The third-order valence-corrected chi connectivity index (χ3v) is 12.8. The fraction of sp³-hybridized carbons (Fsp3) is 0.912. The first kappa shape index (κ1) is 61.1. The third kappa shape index (κ3) is 51.0. The van der Waals surface area contributed by atoms with Crippen molar-refractivity contribution in [3.63, 3.8) is 0 Å². The van der Waals surface area contributed by atoms with E-state index in [0.29, 0.717) is 19.3 Å². The maximum absolute atomic E-state index is 12.7. The molecule has 0 aromatic rings. The van der Waals surface area contributed by atoms with Crippen molar-refractivity contribution < 1.29 is 28.6 Å². The number of hydrogen-bond acceptors (Lipinski definition) is 6. The minimum absolute atomic E-state index is 0.0655. The van der Waals surface area contributed by atoms with Gasteiger partial charge in [-0.3, -0.25) is 14.4 Å². The molecule has 0 aromatic carbocycles. The molecule has 0 spiro atoms. The van der Waals surface area contributed by atoms with E-state index < -0.39 is 6.10 Å². The molecule has 0 aliphatic carbocycles. The molecular formula is C57H108O6. The first-order valence-electron chi connectivity index (χ1n) is 28.2. The quantitative estimate of drug-likeness (QED) is 0.0262. The summed E-state index contributed by atoms with van der Waals surface area (Å²) < 4.78 is 16.7. The summed E-state index contributed by atoms with van der Waals surface area (Å²) >= 11 is 0. The Morgan fingerprint density at radius 2 is 0.524 bits per heavy atom. The highest BCUT2D eigenvalue weighted by atomic mass is 16.6. The Kier molecular flexibility index (Phi) is 51.2. The second-order valence-electron chi connectivity index (χ2n) is 19.2. The molecule has 0 amide bonds. The minimum atomic E-state index is -0.761. The Balaban J connectivity index is 4.00. The predicted molar refractivity (Wildman–Crippen MR) is 270 cm³/mol. The Morgan fingerprint density at radius 1 is 0.302 bits per heavy atom. The standard InChI is InChI=1S/C57H108O6/c1-4-7-10-13-15-17-19-21-23-24-25-26-27-28-29-30-31-32-34-35-37-39-41-44-47-50-56(59)62-53-54(52-61-55(58)49-46-43-12-9-6-3)63-57(60)51-48-45-42-40-38-36-33-22-20-18-16-14-11-8-5-2/h24-25,54H,4-23,26-53H2,1-3H3/b25-24-. The second kappa shape index (κ2) is 52.8. The molecule has 0 saturated carbocycles. The molecule has 0 aromatic heterocycles. The van der Waals surface area contributed by atoms with E-state index in [4.69, 9.17) is 14.2 Å². The van der Waals surface area contributed by atoms with E-state index in [9.17, 15) is 14.4 Å². The van der Waals surface area contributed by atoms with E-state index in [-0.39, 0.29) is 31.1 Å². The third-order valence-electron chi connectivity index (χ3n) is 12.8. The lowest BCUT2D eigenvalue weighted by molar-refractivity contribution is -0.167. The van der Waals surface area contributed by atoms with Gasteiger partial charge in [0.05, 0.1) is 0 Å². The molecule has 0 bridgehead atoms. The topological polar surface area (TPSA) is 78.9 Å². The van der Waals surface area contributed by atoms with E-state index in [0.717, 1.165) is 64.2 Å². The van der Waals surface area contributed by atoms with Gasteiger partial charge >= 0.3 is 17.9 Å². The molecule has 1 atom stereocenters. The van der Waals surface area contributed by atoms with Gasteiger partial charge in [-0.05, 0) is 44.9 Å². The van der Waals surface area contributed by atoms with Gasteiger partial charge < -0.3 is 14.2 Å². The van der Waals surface area contributed by atoms with E-state index >= 15 is 0 Å². The van der Waals surface area contributed by atoms with E-state index in [1.807, 2.05) is 0 Å². The van der Waals surface area contributed by atoms with Crippen LogP contribution in [0.2, 0.25) is 0 Å². The Bertz CT molecular complexity index is 978. The van der Waals surface area contributed by atoms with Gasteiger partial charge in [0.15, 0.2) is 6.10 Å². The number of unbranched alkanes of at least 4 members (excludes halogenated alkanes) is 39. The zero-order valence-corrected chi connectivity index (χ0v) is 42.6. The van der Waals surface area contributed by atoms with Gasteiger partial charge in [-0.15, -0.1) is 0 Å². The molecule has 0 aliphatic rings. The summed E-state index contributed by atoms with van der Waals surface area (Å²) in [5, 5.41) is 0. The van der Waals surface area contributed by atoms with Gasteiger partial charge in [-0.2, -0.15) is 0 Å². The molecule has 0 saturated heterocycles. The molecule has 6 heteroatoms. The van der Waals surface area contributed by atoms with Gasteiger partial charge in [-0.1, -0.05) is 264 Å². The van der Waals surface area contributed by atoms with Crippen molar-refractivity contribution in [2.45, 2.75) is 322 Å². The number of esters is 3. The largest absolute Gasteiger partial charge is 0.462 e. The van der Waals surface area contributed by atoms with Crippen molar-refractivity contribution >= 4 is 17.9 Å². The molecule has 372 valence electrons. The number of allylic oxidation sites excluding steroid dienone is 2. The van der Waals surface area contributed by atoms with Crippen molar-refractivity contribution in [2.24, 2.45) is 0 Å². The van der Waals surface area contributed by atoms with Crippen molar-refractivity contribution in [3.8, 4) is 0 Å². The lowest BCUT2D eigenvalue weighted by atomic mass is 10.0. The number of carbonyl (C=O) groups is 3. The van der Waals surface area contributed by atoms with E-state index in [2.05, 4.69) is 32.9 Å². The molecule has 0 fully saturated rings. The van der Waals surface area contributed by atoms with Crippen LogP contribution in [0.25, 0.3) is 0 Å². The monoisotopic (exact) mass is 889 g/mol. The SMILES string of the molecule is CCCCCCCCCC/C=C\CCCCCCCCCCCCCCCC(=O)OCC(COC(=O)CCCCCCC)OC(=O)CCCCCCCCCCCCCCCCC. The van der Waals surface area contributed by atoms with Gasteiger partial charge in [0.1, 0.15) is 13.2 Å². The summed E-state index contributed by atoms with van der Waals surface area (Å²) in [5.74, 6) is -0.861. The second-order valence-corrected chi connectivity index (χ2v) is 19.2. The predicted octanol–water partition coefficient (Wildman–Crippen LogP) is 18.5. The molecule has 1 unspecified atom stereocenters. The van der Waals surface area contributed by atoms with Gasteiger partial charge in [0, 0.05) is 19.3 Å². The van der Waals surface area contributed by atoms with Crippen LogP contribution in [0, 0.1) is 0 Å². The van der Waals surface area contributed by atoms with Crippen LogP contribution in [0.3, 0.4) is 0 Å². The first-order valence-corrected chi connectivity index (χ1v) is 28.2. The van der Waals surface area contributed by atoms with Crippen LogP contribution >= 0.6 is 0 Å². The van der Waals surface area contributed by atoms with Crippen LogP contribution in [0.15, 0.2) is 12.2 Å². The Hall–Kier alpha value is -1.85. The molecule has 0 radical (unpaired) electrons. The number of carbonyl (C=O) groups excluding carboxylic acids is 3. The van der Waals surface area contributed by atoms with Crippen LogP contribution in [0.4, 0.5) is 0 Å². The van der Waals surface area contributed by atoms with E-state index in [1.165, 1.54) is 212 Å². The Morgan fingerprint density at radius 3 is 0.794 bits per heavy atom. The van der Waals surface area contributed by atoms with E-state index in [1.54, 1.807) is 0 Å². The highest BCUT2D eigenvalue weighted by Gasteiger charge is 2.19. The lowest BCUT2D eigenvalue weighted by Crippen LogP contribution is -2.30. The highest BCUT2D eigenvalue weighted by molar-refractivity contribution is 5.71. The smallest absolute Gasteiger partial charge is 0.306 e. The summed E-state index contributed by atoms with van der Waals surface area (Å²) in [6, 6.07) is 0. The highest BCUT2D eigenvalue weighted by Crippen LogP contribution is 2.17. The fourth-order valence-electron chi connectivity index (χ4n) is 8.50. The lowest BCUT2D eigenvalue weighted by Gasteiger charge is -2.18.